The van der Waals surface area contributed by atoms with E-state index < -0.39 is 14.4 Å². The Morgan fingerprint density at radius 3 is 1.89 bits per heavy atom. The number of ether oxygens (including phenoxy) is 1. The van der Waals surface area contributed by atoms with Gasteiger partial charge in [-0.1, -0.05) is 60.7 Å². The highest BCUT2D eigenvalue weighted by atomic mass is 28.4. The van der Waals surface area contributed by atoms with Crippen LogP contribution >= 0.6 is 0 Å². The van der Waals surface area contributed by atoms with Crippen LogP contribution in [0.3, 0.4) is 0 Å². The number of ketones is 1. The van der Waals surface area contributed by atoms with Gasteiger partial charge in [-0.15, -0.1) is 0 Å². The minimum atomic E-state index is -2.87. The van der Waals surface area contributed by atoms with Crippen LogP contribution < -0.4 is 0 Å². The van der Waals surface area contributed by atoms with E-state index in [1.165, 1.54) is 0 Å². The quantitative estimate of drug-likeness (QED) is 0.429. The smallest absolute Gasteiger partial charge is 0.377 e. The lowest BCUT2D eigenvalue weighted by Gasteiger charge is -2.35. The first kappa shape index (κ1) is 21.5. The molecule has 0 saturated carbocycles. The van der Waals surface area contributed by atoms with Crippen LogP contribution in [-0.2, 0) is 23.6 Å². The monoisotopic (exact) mass is 388 g/mol. The number of hydrogen-bond donors (Lipinski definition) is 0. The van der Waals surface area contributed by atoms with Crippen LogP contribution in [0.2, 0.25) is 6.04 Å². The molecule has 0 spiro atoms. The van der Waals surface area contributed by atoms with Crippen molar-refractivity contribution in [2.45, 2.75) is 25.0 Å². The summed E-state index contributed by atoms with van der Waals surface area (Å²) in [5.74, 6) is -0.0811. The van der Waals surface area contributed by atoms with Crippen molar-refractivity contribution in [1.29, 1.82) is 0 Å². The second-order valence-corrected chi connectivity index (χ2v) is 9.21. The van der Waals surface area contributed by atoms with Crippen molar-refractivity contribution in [3.63, 3.8) is 0 Å². The van der Waals surface area contributed by atoms with Crippen LogP contribution in [0, 0.1) is 0 Å². The molecule has 2 rings (SSSR count). The summed E-state index contributed by atoms with van der Waals surface area (Å²) < 4.78 is 22.8. The molecule has 0 fully saturated rings. The predicted molar refractivity (Wildman–Crippen MR) is 107 cm³/mol. The van der Waals surface area contributed by atoms with Crippen LogP contribution in [0.25, 0.3) is 0 Å². The zero-order valence-electron chi connectivity index (χ0n) is 16.4. The van der Waals surface area contributed by atoms with Crippen molar-refractivity contribution < 1.29 is 22.8 Å². The van der Waals surface area contributed by atoms with Gasteiger partial charge in [-0.2, -0.15) is 0 Å². The summed E-state index contributed by atoms with van der Waals surface area (Å²) >= 11 is 0. The third kappa shape index (κ3) is 4.72. The minimum absolute atomic E-state index is 0.0811. The average molecular weight is 389 g/mol. The third-order valence-corrected chi connectivity index (χ3v) is 7.48. The Morgan fingerprint density at radius 1 is 0.889 bits per heavy atom. The van der Waals surface area contributed by atoms with Gasteiger partial charge in [-0.05, 0) is 18.9 Å². The van der Waals surface area contributed by atoms with Gasteiger partial charge in [-0.3, -0.25) is 4.79 Å². The normalized spacial score (nSPS) is 13.9. The fourth-order valence-corrected chi connectivity index (χ4v) is 5.04. The van der Waals surface area contributed by atoms with Crippen LogP contribution in [-0.4, -0.2) is 42.5 Å². The van der Waals surface area contributed by atoms with E-state index in [1.807, 2.05) is 67.6 Å². The van der Waals surface area contributed by atoms with Gasteiger partial charge in [0.25, 0.3) is 0 Å². The fourth-order valence-electron chi connectivity index (χ4n) is 3.27. The molecule has 2 aromatic rings. The molecule has 146 valence electrons. The van der Waals surface area contributed by atoms with Gasteiger partial charge in [0.05, 0.1) is 0 Å². The number of benzene rings is 2. The zero-order chi connectivity index (χ0) is 19.8. The molecule has 0 bridgehead atoms. The third-order valence-electron chi connectivity index (χ3n) is 4.75. The van der Waals surface area contributed by atoms with Gasteiger partial charge in [0, 0.05) is 39.5 Å². The molecule has 1 unspecified atom stereocenters. The highest BCUT2D eigenvalue weighted by Crippen LogP contribution is 2.37. The molecule has 2 aromatic carbocycles. The van der Waals surface area contributed by atoms with E-state index in [0.717, 1.165) is 5.56 Å². The van der Waals surface area contributed by atoms with E-state index >= 15 is 0 Å². The lowest BCUT2D eigenvalue weighted by atomic mass is 9.83. The van der Waals surface area contributed by atoms with E-state index in [9.17, 15) is 4.79 Å². The molecular formula is C21H28O5Si. The van der Waals surface area contributed by atoms with E-state index in [0.29, 0.717) is 24.6 Å². The van der Waals surface area contributed by atoms with Gasteiger partial charge in [-0.25, -0.2) is 0 Å². The Kier molecular flexibility index (Phi) is 7.88. The first-order valence-corrected chi connectivity index (χ1v) is 11.0. The second-order valence-electron chi connectivity index (χ2n) is 6.12. The maximum absolute atomic E-state index is 13.6. The first-order valence-electron chi connectivity index (χ1n) is 9.02. The van der Waals surface area contributed by atoms with E-state index in [-0.39, 0.29) is 5.78 Å². The maximum atomic E-state index is 13.6. The summed E-state index contributed by atoms with van der Waals surface area (Å²) in [6.07, 6.45) is 0.389. The molecule has 1 atom stereocenters. The highest BCUT2D eigenvalue weighted by Gasteiger charge is 2.47. The Morgan fingerprint density at radius 2 is 1.41 bits per heavy atom. The van der Waals surface area contributed by atoms with E-state index in [1.54, 1.807) is 21.3 Å². The number of rotatable bonds is 11. The lowest BCUT2D eigenvalue weighted by Crippen LogP contribution is -2.47. The molecule has 27 heavy (non-hydrogen) atoms. The largest absolute Gasteiger partial charge is 0.500 e. The summed E-state index contributed by atoms with van der Waals surface area (Å²) in [5, 5.41) is 0. The van der Waals surface area contributed by atoms with Crippen molar-refractivity contribution in [2.75, 3.05) is 27.9 Å². The number of hydrogen-bond acceptors (Lipinski definition) is 5. The molecule has 0 aliphatic heterocycles. The van der Waals surface area contributed by atoms with Crippen molar-refractivity contribution in [3.8, 4) is 0 Å². The van der Waals surface area contributed by atoms with Crippen molar-refractivity contribution >= 4 is 14.6 Å². The highest BCUT2D eigenvalue weighted by molar-refractivity contribution is 6.60. The van der Waals surface area contributed by atoms with Crippen LogP contribution in [0.4, 0.5) is 0 Å². The topological polar surface area (TPSA) is 54.0 Å². The van der Waals surface area contributed by atoms with Crippen molar-refractivity contribution in [2.24, 2.45) is 0 Å². The SMILES string of the molecule is CCOC(CC[Si](OC)(OC)OC)(C(=O)c1ccccc1)c1ccccc1. The molecule has 0 amide bonds. The van der Waals surface area contributed by atoms with Gasteiger partial charge in [0.1, 0.15) is 0 Å². The van der Waals surface area contributed by atoms with Gasteiger partial charge in [0.2, 0.25) is 0 Å². The first-order chi connectivity index (χ1) is 13.1. The standard InChI is InChI=1S/C21H28O5Si/c1-5-26-21(19-14-10-7-11-15-19,16-17-27(23-2,24-3)25-4)20(22)18-12-8-6-9-13-18/h6-15H,5,16-17H2,1-4H3. The molecule has 5 nitrogen and oxygen atoms in total. The van der Waals surface area contributed by atoms with Crippen molar-refractivity contribution in [3.05, 3.63) is 71.8 Å². The Labute approximate surface area is 162 Å². The predicted octanol–water partition coefficient (Wildman–Crippen LogP) is 4.07. The molecular weight excluding hydrogens is 360 g/mol. The van der Waals surface area contributed by atoms with Crippen molar-refractivity contribution in [1.82, 2.24) is 0 Å². The number of carbonyl (C=O) groups is 1. The summed E-state index contributed by atoms with van der Waals surface area (Å²) in [4.78, 5) is 13.6. The Hall–Kier alpha value is -1.83. The second kappa shape index (κ2) is 9.92. The summed E-state index contributed by atoms with van der Waals surface area (Å²) in [7, 11) is 1.85. The summed E-state index contributed by atoms with van der Waals surface area (Å²) in [5.41, 5.74) is 0.284. The van der Waals surface area contributed by atoms with Crippen LogP contribution in [0.15, 0.2) is 60.7 Å². The number of carbonyl (C=O) groups excluding carboxylic acids is 1. The van der Waals surface area contributed by atoms with Crippen LogP contribution in [0.1, 0.15) is 29.3 Å². The zero-order valence-corrected chi connectivity index (χ0v) is 17.4. The van der Waals surface area contributed by atoms with E-state index in [2.05, 4.69) is 0 Å². The summed E-state index contributed by atoms with van der Waals surface area (Å²) in [6.45, 7) is 2.29. The molecule has 0 N–H and O–H groups in total. The Balaban J connectivity index is 2.50. The number of Topliss-reactive ketones (excluding diaryl/α,β-unsaturated/α-hetero) is 1. The summed E-state index contributed by atoms with van der Waals surface area (Å²) in [6, 6.07) is 19.3. The Bertz CT molecular complexity index is 695. The van der Waals surface area contributed by atoms with Gasteiger partial charge in [0.15, 0.2) is 11.4 Å². The minimum Gasteiger partial charge on any atom is -0.377 e. The fraction of sp³-hybridized carbons (Fsp3) is 0.381. The van der Waals surface area contributed by atoms with Crippen LogP contribution in [0.5, 0.6) is 0 Å². The molecule has 0 aliphatic carbocycles. The lowest BCUT2D eigenvalue weighted by molar-refractivity contribution is -0.0293. The molecule has 0 saturated heterocycles. The molecule has 0 aliphatic rings. The maximum Gasteiger partial charge on any atom is 0.500 e. The van der Waals surface area contributed by atoms with Gasteiger partial charge >= 0.3 is 8.80 Å². The van der Waals surface area contributed by atoms with Gasteiger partial charge < -0.3 is 18.0 Å². The average Bonchev–Trinajstić information content (AvgIpc) is 2.75. The molecule has 0 aromatic heterocycles. The molecule has 0 radical (unpaired) electrons. The molecule has 6 heteroatoms. The van der Waals surface area contributed by atoms with E-state index in [4.69, 9.17) is 18.0 Å². The molecule has 0 heterocycles.